The van der Waals surface area contributed by atoms with Crippen LogP contribution >= 0.6 is 0 Å². The quantitative estimate of drug-likeness (QED) is 0.693. The highest BCUT2D eigenvalue weighted by Crippen LogP contribution is 2.20. The molecule has 0 bridgehead atoms. The van der Waals surface area contributed by atoms with Crippen LogP contribution in [-0.4, -0.2) is 25.7 Å². The fraction of sp³-hybridized carbons (Fsp3) is 0.176. The molecule has 0 aliphatic rings. The lowest BCUT2D eigenvalue weighted by Gasteiger charge is -2.14. The summed E-state index contributed by atoms with van der Waals surface area (Å²) in [5, 5.41) is 4.07. The number of esters is 1. The van der Waals surface area contributed by atoms with Crippen molar-refractivity contribution < 1.29 is 9.53 Å². The van der Waals surface area contributed by atoms with Gasteiger partial charge in [-0.15, -0.1) is 0 Å². The largest absolute Gasteiger partial charge is 0.454 e. The number of carbonyl (C=O) groups excluding carboxylic acids is 1. The highest BCUT2D eigenvalue weighted by atomic mass is 16.5. The molecule has 0 radical (unpaired) electrons. The Labute approximate surface area is 133 Å². The van der Waals surface area contributed by atoms with Gasteiger partial charge in [-0.1, -0.05) is 6.07 Å². The van der Waals surface area contributed by atoms with E-state index in [1.807, 2.05) is 38.1 Å². The van der Waals surface area contributed by atoms with Crippen LogP contribution in [0.15, 0.2) is 55.4 Å². The molecule has 1 aromatic carbocycles. The molecule has 6 heteroatoms. The van der Waals surface area contributed by atoms with Crippen molar-refractivity contribution in [3.63, 3.8) is 0 Å². The third-order valence-electron chi connectivity index (χ3n) is 3.55. The van der Waals surface area contributed by atoms with Crippen molar-refractivity contribution in [3.8, 4) is 5.69 Å². The summed E-state index contributed by atoms with van der Waals surface area (Å²) in [6.07, 6.45) is 6.10. The van der Waals surface area contributed by atoms with Gasteiger partial charge in [0.1, 0.15) is 18.8 Å². The van der Waals surface area contributed by atoms with Crippen LogP contribution in [-0.2, 0) is 4.74 Å². The number of carbonyl (C=O) groups is 1. The summed E-state index contributed by atoms with van der Waals surface area (Å²) in [5.41, 5.74) is 3.06. The van der Waals surface area contributed by atoms with Crippen molar-refractivity contribution in [1.82, 2.24) is 19.7 Å². The molecule has 0 amide bonds. The monoisotopic (exact) mass is 308 g/mol. The molecule has 1 atom stereocenters. The normalized spacial score (nSPS) is 11.9. The number of benzene rings is 1. The Morgan fingerprint density at radius 1 is 1.26 bits per heavy atom. The molecule has 0 aliphatic heterocycles. The summed E-state index contributed by atoms with van der Waals surface area (Å²) in [7, 11) is 0. The highest BCUT2D eigenvalue weighted by Gasteiger charge is 2.16. The third kappa shape index (κ3) is 3.26. The molecule has 2 heterocycles. The minimum absolute atomic E-state index is 0.356. The van der Waals surface area contributed by atoms with Gasteiger partial charge >= 0.3 is 5.97 Å². The molecule has 0 spiro atoms. The molecule has 0 fully saturated rings. The third-order valence-corrected chi connectivity index (χ3v) is 3.55. The number of hydrogen-bond donors (Lipinski definition) is 0. The van der Waals surface area contributed by atoms with Crippen molar-refractivity contribution in [3.05, 3.63) is 72.1 Å². The van der Waals surface area contributed by atoms with E-state index < -0.39 is 0 Å². The number of ether oxygens (including phenoxy) is 1. The van der Waals surface area contributed by atoms with E-state index in [4.69, 9.17) is 4.74 Å². The Hall–Kier alpha value is -3.02. The molecule has 116 valence electrons. The first-order chi connectivity index (χ1) is 11.1. The second-order valence-electron chi connectivity index (χ2n) is 5.17. The van der Waals surface area contributed by atoms with Crippen LogP contribution in [0.1, 0.15) is 34.5 Å². The van der Waals surface area contributed by atoms with Gasteiger partial charge in [0.2, 0.25) is 0 Å². The van der Waals surface area contributed by atoms with Crippen molar-refractivity contribution in [2.75, 3.05) is 0 Å². The lowest BCUT2D eigenvalue weighted by atomic mass is 10.1. The van der Waals surface area contributed by atoms with E-state index >= 15 is 0 Å². The topological polar surface area (TPSA) is 69.9 Å². The summed E-state index contributed by atoms with van der Waals surface area (Å²) >= 11 is 0. The zero-order valence-corrected chi connectivity index (χ0v) is 12.9. The van der Waals surface area contributed by atoms with Crippen LogP contribution in [0.2, 0.25) is 0 Å². The Balaban J connectivity index is 1.77. The van der Waals surface area contributed by atoms with Gasteiger partial charge in [0.05, 0.1) is 11.3 Å². The van der Waals surface area contributed by atoms with E-state index in [0.717, 1.165) is 16.8 Å². The van der Waals surface area contributed by atoms with Gasteiger partial charge in [-0.25, -0.2) is 14.5 Å². The van der Waals surface area contributed by atoms with Crippen LogP contribution in [0.3, 0.4) is 0 Å². The van der Waals surface area contributed by atoms with E-state index in [9.17, 15) is 4.79 Å². The summed E-state index contributed by atoms with van der Waals surface area (Å²) in [6, 6.07) is 9.13. The van der Waals surface area contributed by atoms with Crippen LogP contribution in [0, 0.1) is 6.92 Å². The minimum atomic E-state index is -0.357. The van der Waals surface area contributed by atoms with Gasteiger partial charge in [-0.2, -0.15) is 5.10 Å². The summed E-state index contributed by atoms with van der Waals surface area (Å²) < 4.78 is 7.16. The zero-order valence-electron chi connectivity index (χ0n) is 12.9. The van der Waals surface area contributed by atoms with E-state index in [1.54, 1.807) is 29.5 Å². The van der Waals surface area contributed by atoms with E-state index in [0.29, 0.717) is 5.56 Å². The van der Waals surface area contributed by atoms with Gasteiger partial charge < -0.3 is 4.74 Å². The Morgan fingerprint density at radius 2 is 2.13 bits per heavy atom. The molecule has 3 rings (SSSR count). The van der Waals surface area contributed by atoms with Crippen LogP contribution in [0.4, 0.5) is 0 Å². The second-order valence-corrected chi connectivity index (χ2v) is 5.17. The van der Waals surface area contributed by atoms with Gasteiger partial charge in [-0.3, -0.25) is 4.98 Å². The molecule has 23 heavy (non-hydrogen) atoms. The predicted molar refractivity (Wildman–Crippen MR) is 84.2 cm³/mol. The summed E-state index contributed by atoms with van der Waals surface area (Å²) in [4.78, 5) is 20.3. The average Bonchev–Trinajstić information content (AvgIpc) is 3.10. The molecule has 0 N–H and O–H groups in total. The number of pyridine rings is 1. The maximum atomic E-state index is 12.4. The summed E-state index contributed by atoms with van der Waals surface area (Å²) in [6.45, 7) is 3.69. The summed E-state index contributed by atoms with van der Waals surface area (Å²) in [5.74, 6) is -0.357. The first-order valence-corrected chi connectivity index (χ1v) is 7.21. The Bertz CT molecular complexity index is 801. The predicted octanol–water partition coefficient (Wildman–Crippen LogP) is 2.89. The standard InChI is InChI=1S/C17H16N4O2/c1-12-8-15(21-11-19-10-20-21)5-6-16(12)17(22)23-13(2)14-4-3-7-18-9-14/h3-11,13H,1-2H3. The lowest BCUT2D eigenvalue weighted by Crippen LogP contribution is -2.11. The van der Waals surface area contributed by atoms with Gasteiger partial charge in [0, 0.05) is 18.0 Å². The first kappa shape index (κ1) is 14.9. The van der Waals surface area contributed by atoms with Crippen molar-refractivity contribution in [1.29, 1.82) is 0 Å². The first-order valence-electron chi connectivity index (χ1n) is 7.21. The zero-order chi connectivity index (χ0) is 16.2. The SMILES string of the molecule is Cc1cc(-n2cncn2)ccc1C(=O)OC(C)c1cccnc1. The van der Waals surface area contributed by atoms with Gasteiger partial charge in [-0.05, 0) is 43.7 Å². The van der Waals surface area contributed by atoms with E-state index in [-0.39, 0.29) is 12.1 Å². The molecular formula is C17H16N4O2. The molecule has 0 saturated carbocycles. The van der Waals surface area contributed by atoms with Crippen LogP contribution < -0.4 is 0 Å². The van der Waals surface area contributed by atoms with Crippen LogP contribution in [0.5, 0.6) is 0 Å². The van der Waals surface area contributed by atoms with Gasteiger partial charge in [0.15, 0.2) is 0 Å². The number of aryl methyl sites for hydroxylation is 1. The molecule has 6 nitrogen and oxygen atoms in total. The molecule has 0 saturated heterocycles. The molecule has 1 unspecified atom stereocenters. The smallest absolute Gasteiger partial charge is 0.338 e. The average molecular weight is 308 g/mol. The number of aromatic nitrogens is 4. The maximum absolute atomic E-state index is 12.4. The number of nitrogens with zero attached hydrogens (tertiary/aromatic N) is 4. The maximum Gasteiger partial charge on any atom is 0.338 e. The Kier molecular flexibility index (Phi) is 4.14. The van der Waals surface area contributed by atoms with Crippen molar-refractivity contribution in [2.45, 2.75) is 20.0 Å². The number of hydrogen-bond acceptors (Lipinski definition) is 5. The fourth-order valence-corrected chi connectivity index (χ4v) is 2.27. The molecule has 0 aliphatic carbocycles. The lowest BCUT2D eigenvalue weighted by molar-refractivity contribution is 0.0336. The minimum Gasteiger partial charge on any atom is -0.454 e. The van der Waals surface area contributed by atoms with Crippen molar-refractivity contribution >= 4 is 5.97 Å². The van der Waals surface area contributed by atoms with E-state index in [1.165, 1.54) is 6.33 Å². The Morgan fingerprint density at radius 3 is 2.78 bits per heavy atom. The fourth-order valence-electron chi connectivity index (χ4n) is 2.27. The second kappa shape index (κ2) is 6.39. The molecular weight excluding hydrogens is 292 g/mol. The molecule has 3 aromatic rings. The van der Waals surface area contributed by atoms with Gasteiger partial charge in [0.25, 0.3) is 0 Å². The molecule has 2 aromatic heterocycles. The highest BCUT2D eigenvalue weighted by molar-refractivity contribution is 5.91. The number of rotatable bonds is 4. The van der Waals surface area contributed by atoms with Crippen LogP contribution in [0.25, 0.3) is 5.69 Å². The van der Waals surface area contributed by atoms with Crippen molar-refractivity contribution in [2.24, 2.45) is 0 Å². The van der Waals surface area contributed by atoms with E-state index in [2.05, 4.69) is 15.1 Å².